The van der Waals surface area contributed by atoms with E-state index in [-0.39, 0.29) is 18.1 Å². The van der Waals surface area contributed by atoms with Crippen LogP contribution >= 0.6 is 12.4 Å². The van der Waals surface area contributed by atoms with Gasteiger partial charge in [0.2, 0.25) is 0 Å². The molecule has 48 valence electrons. The molecule has 0 bridgehead atoms. The van der Waals surface area contributed by atoms with Crippen molar-refractivity contribution in [3.05, 3.63) is 11.8 Å². The highest BCUT2D eigenvalue weighted by atomic mass is 35.5. The number of carboxylic acids is 1. The van der Waals surface area contributed by atoms with E-state index < -0.39 is 5.97 Å². The van der Waals surface area contributed by atoms with Crippen LogP contribution in [0.4, 0.5) is 0 Å². The van der Waals surface area contributed by atoms with E-state index in [9.17, 15) is 4.79 Å². The fourth-order valence-electron chi connectivity index (χ4n) is 0.123. The van der Waals surface area contributed by atoms with E-state index in [2.05, 4.69) is 0 Å². The topological polar surface area (TPSA) is 63.3 Å². The lowest BCUT2D eigenvalue weighted by molar-refractivity contribution is -0.132. The number of carboxylic acid groups (broad SMARTS) is 1. The summed E-state index contributed by atoms with van der Waals surface area (Å²) in [6.07, 6.45) is 1.34. The average Bonchev–Trinajstić information content (AvgIpc) is 1.65. The van der Waals surface area contributed by atoms with Gasteiger partial charge >= 0.3 is 5.97 Å². The lowest BCUT2D eigenvalue weighted by atomic mass is 10.4. The molecule has 0 radical (unpaired) electrons. The van der Waals surface area contributed by atoms with E-state index in [4.69, 9.17) is 10.8 Å². The van der Waals surface area contributed by atoms with Gasteiger partial charge in [-0.1, -0.05) is 6.08 Å². The molecular formula is C4H8ClNO2. The van der Waals surface area contributed by atoms with Crippen molar-refractivity contribution in [1.29, 1.82) is 0 Å². The van der Waals surface area contributed by atoms with E-state index in [0.29, 0.717) is 0 Å². The fourth-order valence-corrected chi connectivity index (χ4v) is 0.123. The Morgan fingerprint density at radius 1 is 1.75 bits per heavy atom. The zero-order chi connectivity index (χ0) is 5.86. The molecule has 0 aliphatic rings. The smallest absolute Gasteiger partial charge is 0.351 e. The van der Waals surface area contributed by atoms with Crippen molar-refractivity contribution in [2.24, 2.45) is 5.73 Å². The molecule has 0 saturated heterocycles. The maximum atomic E-state index is 9.74. The van der Waals surface area contributed by atoms with Gasteiger partial charge in [-0.25, -0.2) is 4.79 Å². The maximum absolute atomic E-state index is 9.74. The van der Waals surface area contributed by atoms with Crippen LogP contribution in [0, 0.1) is 0 Å². The molecule has 0 aromatic heterocycles. The molecule has 4 heteroatoms. The number of hydrogen-bond acceptors (Lipinski definition) is 2. The van der Waals surface area contributed by atoms with E-state index in [1.165, 1.54) is 6.08 Å². The molecular weight excluding hydrogens is 130 g/mol. The first-order chi connectivity index (χ1) is 3.18. The van der Waals surface area contributed by atoms with E-state index >= 15 is 0 Å². The normalized spacial score (nSPS) is 9.88. The summed E-state index contributed by atoms with van der Waals surface area (Å²) in [5.41, 5.74) is 4.77. The lowest BCUT2D eigenvalue weighted by Gasteiger charge is -1.85. The third-order valence-corrected chi connectivity index (χ3v) is 0.558. The van der Waals surface area contributed by atoms with Crippen LogP contribution in [0.1, 0.15) is 6.92 Å². The molecule has 3 N–H and O–H groups in total. The van der Waals surface area contributed by atoms with Crippen molar-refractivity contribution in [3.63, 3.8) is 0 Å². The fraction of sp³-hybridized carbons (Fsp3) is 0.250. The minimum absolute atomic E-state index is 0. The summed E-state index contributed by atoms with van der Waals surface area (Å²) in [4.78, 5) is 9.74. The first-order valence-corrected chi connectivity index (χ1v) is 1.83. The zero-order valence-electron chi connectivity index (χ0n) is 4.42. The minimum atomic E-state index is -1.07. The van der Waals surface area contributed by atoms with Crippen molar-refractivity contribution in [1.82, 2.24) is 0 Å². The number of nitrogens with two attached hydrogens (primary N) is 1. The molecule has 0 unspecified atom stereocenters. The maximum Gasteiger partial charge on any atom is 0.351 e. The third kappa shape index (κ3) is 3.49. The van der Waals surface area contributed by atoms with Gasteiger partial charge in [-0.3, -0.25) is 0 Å². The summed E-state index contributed by atoms with van der Waals surface area (Å²) in [5, 5.41) is 7.99. The van der Waals surface area contributed by atoms with Crippen LogP contribution in [0.5, 0.6) is 0 Å². The first-order valence-electron chi connectivity index (χ1n) is 1.83. The predicted octanol–water partition coefficient (Wildman–Crippen LogP) is 0.355. The van der Waals surface area contributed by atoms with Crippen molar-refractivity contribution in [3.8, 4) is 0 Å². The van der Waals surface area contributed by atoms with Gasteiger partial charge in [0.15, 0.2) is 0 Å². The Bertz CT molecular complexity index is 111. The second kappa shape index (κ2) is 4.46. The highest BCUT2D eigenvalue weighted by Crippen LogP contribution is 1.78. The van der Waals surface area contributed by atoms with Crippen LogP contribution in [0.25, 0.3) is 0 Å². The molecule has 0 aliphatic heterocycles. The number of allylic oxidation sites excluding steroid dienone is 1. The third-order valence-electron chi connectivity index (χ3n) is 0.558. The number of rotatable bonds is 1. The molecule has 0 spiro atoms. The van der Waals surface area contributed by atoms with Crippen molar-refractivity contribution >= 4 is 18.4 Å². The highest BCUT2D eigenvalue weighted by Gasteiger charge is 1.94. The molecule has 0 aliphatic carbocycles. The molecule has 0 amide bonds. The van der Waals surface area contributed by atoms with Gasteiger partial charge in [0.05, 0.1) is 0 Å². The van der Waals surface area contributed by atoms with Gasteiger partial charge in [-0.15, -0.1) is 12.4 Å². The Labute approximate surface area is 53.6 Å². The van der Waals surface area contributed by atoms with E-state index in [0.717, 1.165) is 0 Å². The lowest BCUT2D eigenvalue weighted by Crippen LogP contribution is -2.08. The standard InChI is InChI=1S/C4H7NO2.ClH/c1-2-3(5)4(6)7;/h2H,5H2,1H3,(H,6,7);1H. The monoisotopic (exact) mass is 137 g/mol. The second-order valence-corrected chi connectivity index (χ2v) is 1.05. The first kappa shape index (κ1) is 10.3. The molecule has 0 heterocycles. The Hall–Kier alpha value is -0.700. The number of halogens is 1. The van der Waals surface area contributed by atoms with Crippen molar-refractivity contribution in [2.45, 2.75) is 6.92 Å². The molecule has 0 atom stereocenters. The van der Waals surface area contributed by atoms with Gasteiger partial charge in [-0.2, -0.15) is 0 Å². The molecule has 3 nitrogen and oxygen atoms in total. The summed E-state index contributed by atoms with van der Waals surface area (Å²) >= 11 is 0. The minimum Gasteiger partial charge on any atom is -0.477 e. The van der Waals surface area contributed by atoms with Crippen LogP contribution in [-0.4, -0.2) is 11.1 Å². The SMILES string of the molecule is CC=C(N)C(=O)O.Cl. The van der Waals surface area contributed by atoms with Gasteiger partial charge < -0.3 is 10.8 Å². The zero-order valence-corrected chi connectivity index (χ0v) is 5.23. The largest absolute Gasteiger partial charge is 0.477 e. The molecule has 0 rings (SSSR count). The Kier molecular flexibility index (Phi) is 5.75. The molecule has 0 fully saturated rings. The van der Waals surface area contributed by atoms with Gasteiger partial charge in [0.25, 0.3) is 0 Å². The van der Waals surface area contributed by atoms with Crippen molar-refractivity contribution < 1.29 is 9.90 Å². The molecule has 8 heavy (non-hydrogen) atoms. The van der Waals surface area contributed by atoms with Crippen LogP contribution in [0.2, 0.25) is 0 Å². The van der Waals surface area contributed by atoms with Crippen LogP contribution in [0.3, 0.4) is 0 Å². The van der Waals surface area contributed by atoms with Gasteiger partial charge in [-0.05, 0) is 6.92 Å². The van der Waals surface area contributed by atoms with Gasteiger partial charge in [0.1, 0.15) is 5.70 Å². The van der Waals surface area contributed by atoms with Crippen LogP contribution in [0.15, 0.2) is 11.8 Å². The van der Waals surface area contributed by atoms with E-state index in [1.54, 1.807) is 6.92 Å². The average molecular weight is 138 g/mol. The van der Waals surface area contributed by atoms with Crippen LogP contribution in [-0.2, 0) is 4.79 Å². The Morgan fingerprint density at radius 2 is 2.12 bits per heavy atom. The number of hydrogen-bond donors (Lipinski definition) is 2. The number of aliphatic carboxylic acids is 1. The highest BCUT2D eigenvalue weighted by molar-refractivity contribution is 5.85. The molecule has 0 saturated carbocycles. The van der Waals surface area contributed by atoms with Crippen LogP contribution < -0.4 is 5.73 Å². The summed E-state index contributed by atoms with van der Waals surface area (Å²) in [5.74, 6) is -1.07. The molecule has 0 aromatic rings. The second-order valence-electron chi connectivity index (χ2n) is 1.05. The summed E-state index contributed by atoms with van der Waals surface area (Å²) in [7, 11) is 0. The van der Waals surface area contributed by atoms with Crippen molar-refractivity contribution in [2.75, 3.05) is 0 Å². The predicted molar refractivity (Wildman–Crippen MR) is 32.8 cm³/mol. The Balaban J connectivity index is 0. The van der Waals surface area contributed by atoms with E-state index in [1.807, 2.05) is 0 Å². The molecule has 0 aromatic carbocycles. The number of carbonyl (C=O) groups is 1. The summed E-state index contributed by atoms with van der Waals surface area (Å²) in [6, 6.07) is 0. The summed E-state index contributed by atoms with van der Waals surface area (Å²) in [6.45, 7) is 1.57. The van der Waals surface area contributed by atoms with Gasteiger partial charge in [0, 0.05) is 0 Å². The summed E-state index contributed by atoms with van der Waals surface area (Å²) < 4.78 is 0. The quantitative estimate of drug-likeness (QED) is 0.513. The Morgan fingerprint density at radius 3 is 2.12 bits per heavy atom.